The highest BCUT2D eigenvalue weighted by Crippen LogP contribution is 2.22. The van der Waals surface area contributed by atoms with Crippen molar-refractivity contribution < 1.29 is 4.74 Å². The Morgan fingerprint density at radius 1 is 1.21 bits per heavy atom. The monoisotopic (exact) mass is 253 g/mol. The summed E-state index contributed by atoms with van der Waals surface area (Å²) in [6.45, 7) is 0.751. The van der Waals surface area contributed by atoms with Crippen molar-refractivity contribution in [3.8, 4) is 5.75 Å². The van der Waals surface area contributed by atoms with Crippen LogP contribution in [0.1, 0.15) is 5.56 Å². The Labute approximate surface area is 111 Å². The van der Waals surface area contributed by atoms with E-state index < -0.39 is 0 Å². The summed E-state index contributed by atoms with van der Waals surface area (Å²) >= 11 is 0. The molecule has 2 aromatic carbocycles. The van der Waals surface area contributed by atoms with Crippen LogP contribution in [0.4, 0.5) is 5.69 Å². The van der Waals surface area contributed by atoms with E-state index in [-0.39, 0.29) is 0 Å². The highest BCUT2D eigenvalue weighted by molar-refractivity contribution is 5.90. The first-order valence-electron chi connectivity index (χ1n) is 6.16. The van der Waals surface area contributed by atoms with Crippen LogP contribution in [0.3, 0.4) is 0 Å². The van der Waals surface area contributed by atoms with E-state index in [2.05, 4.69) is 27.6 Å². The smallest absolute Gasteiger partial charge is 0.119 e. The molecule has 0 aliphatic heterocycles. The van der Waals surface area contributed by atoms with Crippen LogP contribution in [0.25, 0.3) is 10.9 Å². The Kier molecular flexibility index (Phi) is 3.06. The second-order valence-corrected chi connectivity index (χ2v) is 4.34. The van der Waals surface area contributed by atoms with E-state index in [9.17, 15) is 0 Å². The summed E-state index contributed by atoms with van der Waals surface area (Å²) in [6.07, 6.45) is 1.84. The zero-order valence-corrected chi connectivity index (χ0v) is 10.7. The molecule has 0 saturated heterocycles. The van der Waals surface area contributed by atoms with Gasteiger partial charge in [0.05, 0.1) is 18.8 Å². The fraction of sp³-hybridized carbons (Fsp3) is 0.133. The number of aromatic amines is 1. The molecule has 3 aromatic rings. The zero-order valence-electron chi connectivity index (χ0n) is 10.7. The Hall–Kier alpha value is -2.49. The van der Waals surface area contributed by atoms with Crippen LogP contribution in [-0.2, 0) is 6.54 Å². The van der Waals surface area contributed by atoms with Gasteiger partial charge in [0.25, 0.3) is 0 Å². The number of anilines is 1. The van der Waals surface area contributed by atoms with Crippen molar-refractivity contribution in [3.05, 3.63) is 54.2 Å². The van der Waals surface area contributed by atoms with Crippen LogP contribution in [-0.4, -0.2) is 17.3 Å². The van der Waals surface area contributed by atoms with Crippen LogP contribution >= 0.6 is 0 Å². The molecule has 0 spiro atoms. The second-order valence-electron chi connectivity index (χ2n) is 4.34. The molecule has 19 heavy (non-hydrogen) atoms. The standard InChI is InChI=1S/C15H15N3O/c1-19-12-5-2-4-11(8-12)9-16-14-6-3-7-15-13(14)10-17-18-15/h2-8,10,16H,9H2,1H3,(H,17,18). The van der Waals surface area contributed by atoms with Gasteiger partial charge >= 0.3 is 0 Å². The highest BCUT2D eigenvalue weighted by atomic mass is 16.5. The lowest BCUT2D eigenvalue weighted by atomic mass is 10.2. The number of fused-ring (bicyclic) bond motifs is 1. The van der Waals surface area contributed by atoms with Crippen molar-refractivity contribution in [2.75, 3.05) is 12.4 Å². The van der Waals surface area contributed by atoms with Crippen LogP contribution in [0.15, 0.2) is 48.7 Å². The fourth-order valence-electron chi connectivity index (χ4n) is 2.10. The Balaban J connectivity index is 1.80. The SMILES string of the molecule is COc1cccc(CNc2cccc3[nH]ncc23)c1. The van der Waals surface area contributed by atoms with E-state index in [0.29, 0.717) is 0 Å². The van der Waals surface area contributed by atoms with Crippen molar-refractivity contribution in [1.82, 2.24) is 10.2 Å². The number of ether oxygens (including phenoxy) is 1. The van der Waals surface area contributed by atoms with Gasteiger partial charge in [0.1, 0.15) is 5.75 Å². The van der Waals surface area contributed by atoms with Crippen molar-refractivity contribution in [1.29, 1.82) is 0 Å². The Morgan fingerprint density at radius 2 is 2.11 bits per heavy atom. The molecule has 0 atom stereocenters. The zero-order chi connectivity index (χ0) is 13.1. The largest absolute Gasteiger partial charge is 0.497 e. The van der Waals surface area contributed by atoms with Crippen molar-refractivity contribution >= 4 is 16.6 Å². The average Bonchev–Trinajstić information content (AvgIpc) is 2.94. The van der Waals surface area contributed by atoms with E-state index in [0.717, 1.165) is 28.9 Å². The number of nitrogens with one attached hydrogen (secondary N) is 2. The van der Waals surface area contributed by atoms with E-state index >= 15 is 0 Å². The van der Waals surface area contributed by atoms with Crippen molar-refractivity contribution in [2.45, 2.75) is 6.54 Å². The molecule has 1 heterocycles. The summed E-state index contributed by atoms with van der Waals surface area (Å²) in [6, 6.07) is 14.1. The van der Waals surface area contributed by atoms with Gasteiger partial charge in [-0.25, -0.2) is 0 Å². The number of rotatable bonds is 4. The quantitative estimate of drug-likeness (QED) is 0.750. The molecular weight excluding hydrogens is 238 g/mol. The highest BCUT2D eigenvalue weighted by Gasteiger charge is 2.02. The molecule has 0 aliphatic carbocycles. The topological polar surface area (TPSA) is 49.9 Å². The summed E-state index contributed by atoms with van der Waals surface area (Å²) in [5.41, 5.74) is 3.30. The number of nitrogens with zero attached hydrogens (tertiary/aromatic N) is 1. The van der Waals surface area contributed by atoms with Crippen molar-refractivity contribution in [3.63, 3.8) is 0 Å². The third kappa shape index (κ3) is 2.38. The summed E-state index contributed by atoms with van der Waals surface area (Å²) in [7, 11) is 1.68. The number of methoxy groups -OCH3 is 1. The van der Waals surface area contributed by atoms with Crippen LogP contribution in [0, 0.1) is 0 Å². The lowest BCUT2D eigenvalue weighted by molar-refractivity contribution is 0.414. The van der Waals surface area contributed by atoms with E-state index in [1.165, 1.54) is 5.56 Å². The first kappa shape index (κ1) is 11.6. The minimum absolute atomic E-state index is 0.751. The molecule has 4 nitrogen and oxygen atoms in total. The summed E-state index contributed by atoms with van der Waals surface area (Å²) in [5, 5.41) is 11.6. The van der Waals surface area contributed by atoms with Gasteiger partial charge in [0.2, 0.25) is 0 Å². The van der Waals surface area contributed by atoms with Crippen LogP contribution in [0.2, 0.25) is 0 Å². The van der Waals surface area contributed by atoms with Gasteiger partial charge < -0.3 is 10.1 Å². The number of hydrogen-bond acceptors (Lipinski definition) is 3. The predicted octanol–water partition coefficient (Wildman–Crippen LogP) is 3.18. The molecule has 96 valence electrons. The molecule has 0 fully saturated rings. The Bertz CT molecular complexity index is 690. The normalized spacial score (nSPS) is 10.6. The van der Waals surface area contributed by atoms with Gasteiger partial charge in [-0.2, -0.15) is 5.10 Å². The molecule has 0 aliphatic rings. The molecule has 2 N–H and O–H groups in total. The molecule has 0 unspecified atom stereocenters. The maximum Gasteiger partial charge on any atom is 0.119 e. The molecule has 0 amide bonds. The molecule has 4 heteroatoms. The molecule has 3 rings (SSSR count). The Morgan fingerprint density at radius 3 is 3.00 bits per heavy atom. The van der Waals surface area contributed by atoms with Crippen LogP contribution < -0.4 is 10.1 Å². The van der Waals surface area contributed by atoms with Crippen LogP contribution in [0.5, 0.6) is 5.75 Å². The summed E-state index contributed by atoms with van der Waals surface area (Å²) < 4.78 is 5.22. The summed E-state index contributed by atoms with van der Waals surface area (Å²) in [5.74, 6) is 0.876. The number of aromatic nitrogens is 2. The molecule has 1 aromatic heterocycles. The second kappa shape index (κ2) is 5.02. The third-order valence-corrected chi connectivity index (χ3v) is 3.10. The van der Waals surface area contributed by atoms with Gasteiger partial charge in [-0.05, 0) is 29.8 Å². The third-order valence-electron chi connectivity index (χ3n) is 3.10. The molecule has 0 radical (unpaired) electrons. The first-order chi connectivity index (χ1) is 9.36. The lowest BCUT2D eigenvalue weighted by Gasteiger charge is -2.08. The first-order valence-corrected chi connectivity index (χ1v) is 6.16. The maximum absolute atomic E-state index is 5.22. The maximum atomic E-state index is 5.22. The predicted molar refractivity (Wildman–Crippen MR) is 76.4 cm³/mol. The molecule has 0 bridgehead atoms. The number of hydrogen-bond donors (Lipinski definition) is 2. The van der Waals surface area contributed by atoms with Gasteiger partial charge in [-0.3, -0.25) is 5.10 Å². The van der Waals surface area contributed by atoms with Crippen molar-refractivity contribution in [2.24, 2.45) is 0 Å². The van der Waals surface area contributed by atoms with Gasteiger partial charge in [-0.15, -0.1) is 0 Å². The summed E-state index contributed by atoms with van der Waals surface area (Å²) in [4.78, 5) is 0. The van der Waals surface area contributed by atoms with E-state index in [1.54, 1.807) is 7.11 Å². The van der Waals surface area contributed by atoms with Gasteiger partial charge in [0.15, 0.2) is 0 Å². The number of benzene rings is 2. The minimum Gasteiger partial charge on any atom is -0.497 e. The average molecular weight is 253 g/mol. The molecule has 0 saturated carbocycles. The van der Waals surface area contributed by atoms with E-state index in [1.807, 2.05) is 36.5 Å². The number of H-pyrrole nitrogens is 1. The fourth-order valence-corrected chi connectivity index (χ4v) is 2.10. The molecular formula is C15H15N3O. The van der Waals surface area contributed by atoms with Gasteiger partial charge in [0, 0.05) is 17.6 Å². The van der Waals surface area contributed by atoms with E-state index in [4.69, 9.17) is 4.74 Å². The van der Waals surface area contributed by atoms with Gasteiger partial charge in [-0.1, -0.05) is 18.2 Å². The lowest BCUT2D eigenvalue weighted by Crippen LogP contribution is -1.99. The minimum atomic E-state index is 0.751.